The van der Waals surface area contributed by atoms with Crippen molar-refractivity contribution in [3.63, 3.8) is 0 Å². The van der Waals surface area contributed by atoms with Crippen molar-refractivity contribution in [1.82, 2.24) is 10.4 Å². The molecule has 0 radical (unpaired) electrons. The van der Waals surface area contributed by atoms with Gasteiger partial charge in [0, 0.05) is 26.2 Å². The minimum absolute atomic E-state index is 0.687. The molecule has 0 bridgehead atoms. The summed E-state index contributed by atoms with van der Waals surface area (Å²) in [7, 11) is 2.12. The van der Waals surface area contributed by atoms with E-state index in [0.717, 1.165) is 31.9 Å². The van der Waals surface area contributed by atoms with Gasteiger partial charge in [0.1, 0.15) is 6.34 Å². The van der Waals surface area contributed by atoms with Gasteiger partial charge in [-0.1, -0.05) is 11.6 Å². The molecule has 0 saturated carbocycles. The van der Waals surface area contributed by atoms with E-state index >= 15 is 0 Å². The molecule has 2 N–H and O–H groups in total. The summed E-state index contributed by atoms with van der Waals surface area (Å²) in [5.41, 5.74) is 3.62. The van der Waals surface area contributed by atoms with Crippen LogP contribution in [0, 0.1) is 0 Å². The molecule has 1 aliphatic rings. The Morgan fingerprint density at radius 1 is 1.33 bits per heavy atom. The molecule has 0 spiro atoms. The second-order valence-electron chi connectivity index (χ2n) is 4.31. The first-order valence-corrected chi connectivity index (χ1v) is 6.23. The fourth-order valence-corrected chi connectivity index (χ4v) is 2.28. The van der Waals surface area contributed by atoms with E-state index in [1.165, 1.54) is 6.34 Å². The molecule has 1 aromatic carbocycles. The molecule has 6 heteroatoms. The van der Waals surface area contributed by atoms with Crippen LogP contribution in [0.25, 0.3) is 0 Å². The number of hydrogen-bond donors (Lipinski definition) is 2. The van der Waals surface area contributed by atoms with Crippen LogP contribution in [0.3, 0.4) is 0 Å². The maximum absolute atomic E-state index is 8.43. The molecule has 18 heavy (non-hydrogen) atoms. The lowest BCUT2D eigenvalue weighted by atomic mass is 10.2. The molecule has 1 saturated heterocycles. The number of hydrogen-bond acceptors (Lipinski definition) is 4. The van der Waals surface area contributed by atoms with Gasteiger partial charge in [0.2, 0.25) is 0 Å². The van der Waals surface area contributed by atoms with Gasteiger partial charge in [-0.25, -0.2) is 4.99 Å². The maximum atomic E-state index is 8.43. The highest BCUT2D eigenvalue weighted by Gasteiger charge is 2.16. The number of aliphatic imine (C=N–C) groups is 1. The second kappa shape index (κ2) is 6.04. The molecule has 5 nitrogen and oxygen atoms in total. The fraction of sp³-hybridized carbons (Fsp3) is 0.417. The van der Waals surface area contributed by atoms with Gasteiger partial charge < -0.3 is 9.80 Å². The Morgan fingerprint density at radius 2 is 2.06 bits per heavy atom. The molecule has 2 rings (SSSR count). The van der Waals surface area contributed by atoms with Crippen LogP contribution in [0.1, 0.15) is 0 Å². The summed E-state index contributed by atoms with van der Waals surface area (Å²) in [5, 5.41) is 9.12. The quantitative estimate of drug-likeness (QED) is 0.498. The van der Waals surface area contributed by atoms with E-state index < -0.39 is 0 Å². The van der Waals surface area contributed by atoms with Gasteiger partial charge in [0.25, 0.3) is 0 Å². The summed E-state index contributed by atoms with van der Waals surface area (Å²) in [5.74, 6) is 0. The van der Waals surface area contributed by atoms with Crippen LogP contribution >= 0.6 is 11.6 Å². The highest BCUT2D eigenvalue weighted by molar-refractivity contribution is 6.33. The number of halogens is 1. The number of piperazine rings is 1. The normalized spacial score (nSPS) is 17.4. The lowest BCUT2D eigenvalue weighted by Crippen LogP contribution is -2.44. The Labute approximate surface area is 112 Å². The second-order valence-corrected chi connectivity index (χ2v) is 4.72. The summed E-state index contributed by atoms with van der Waals surface area (Å²) < 4.78 is 0. The van der Waals surface area contributed by atoms with Gasteiger partial charge in [-0.3, -0.25) is 10.7 Å². The third-order valence-electron chi connectivity index (χ3n) is 3.05. The maximum Gasteiger partial charge on any atom is 0.113 e. The van der Waals surface area contributed by atoms with Crippen molar-refractivity contribution in [3.05, 3.63) is 23.2 Å². The monoisotopic (exact) mass is 268 g/mol. The fourth-order valence-electron chi connectivity index (χ4n) is 1.98. The van der Waals surface area contributed by atoms with E-state index in [-0.39, 0.29) is 0 Å². The van der Waals surface area contributed by atoms with Crippen LogP contribution in [-0.2, 0) is 0 Å². The molecule has 0 aromatic heterocycles. The zero-order chi connectivity index (χ0) is 13.0. The molecule has 1 heterocycles. The Kier molecular flexibility index (Phi) is 4.41. The Morgan fingerprint density at radius 3 is 2.67 bits per heavy atom. The van der Waals surface area contributed by atoms with Crippen LogP contribution in [0.2, 0.25) is 5.02 Å². The molecule has 0 unspecified atom stereocenters. The SMILES string of the molecule is CN1CCN(c2ccc(N=CNO)cc2Cl)CC1. The smallest absolute Gasteiger partial charge is 0.113 e. The first-order valence-electron chi connectivity index (χ1n) is 5.86. The lowest BCUT2D eigenvalue weighted by molar-refractivity contribution is 0.240. The summed E-state index contributed by atoms with van der Waals surface area (Å²) in [6.07, 6.45) is 1.21. The minimum atomic E-state index is 0.687. The number of anilines is 1. The van der Waals surface area contributed by atoms with Crippen molar-refractivity contribution in [1.29, 1.82) is 0 Å². The van der Waals surface area contributed by atoms with Crippen LogP contribution in [0.15, 0.2) is 23.2 Å². The van der Waals surface area contributed by atoms with Crippen molar-refractivity contribution >= 4 is 29.3 Å². The minimum Gasteiger partial charge on any atom is -0.368 e. The van der Waals surface area contributed by atoms with Crippen LogP contribution in [-0.4, -0.2) is 49.7 Å². The van der Waals surface area contributed by atoms with E-state index in [1.54, 1.807) is 6.07 Å². The Bertz CT molecular complexity index is 430. The summed E-state index contributed by atoms with van der Waals surface area (Å²) in [4.78, 5) is 8.57. The highest BCUT2D eigenvalue weighted by atomic mass is 35.5. The van der Waals surface area contributed by atoms with Gasteiger partial charge >= 0.3 is 0 Å². The van der Waals surface area contributed by atoms with E-state index in [2.05, 4.69) is 21.8 Å². The molecular formula is C12H17ClN4O. The number of nitrogens with one attached hydrogen (secondary N) is 1. The van der Waals surface area contributed by atoms with Crippen molar-refractivity contribution in [2.45, 2.75) is 0 Å². The number of benzene rings is 1. The van der Waals surface area contributed by atoms with Gasteiger partial charge in [0.15, 0.2) is 0 Å². The first kappa shape index (κ1) is 13.1. The van der Waals surface area contributed by atoms with E-state index in [4.69, 9.17) is 16.8 Å². The largest absolute Gasteiger partial charge is 0.368 e. The summed E-state index contributed by atoms with van der Waals surface area (Å²) in [6, 6.07) is 5.65. The number of hydroxylamine groups is 1. The Balaban J connectivity index is 2.12. The molecule has 0 atom stereocenters. The topological polar surface area (TPSA) is 51.1 Å². The van der Waals surface area contributed by atoms with Crippen molar-refractivity contribution in [2.24, 2.45) is 4.99 Å². The first-order chi connectivity index (χ1) is 8.70. The number of nitrogens with zero attached hydrogens (tertiary/aromatic N) is 3. The summed E-state index contributed by atoms with van der Waals surface area (Å²) in [6.45, 7) is 4.06. The van der Waals surface area contributed by atoms with Crippen LogP contribution in [0.5, 0.6) is 0 Å². The highest BCUT2D eigenvalue weighted by Crippen LogP contribution is 2.30. The molecule has 1 aromatic rings. The zero-order valence-electron chi connectivity index (χ0n) is 10.3. The average molecular weight is 269 g/mol. The average Bonchev–Trinajstić information content (AvgIpc) is 2.38. The molecule has 98 valence electrons. The van der Waals surface area contributed by atoms with Crippen molar-refractivity contribution in [3.8, 4) is 0 Å². The number of rotatable bonds is 3. The molecular weight excluding hydrogens is 252 g/mol. The predicted molar refractivity (Wildman–Crippen MR) is 74.2 cm³/mol. The van der Waals surface area contributed by atoms with E-state index in [1.807, 2.05) is 17.6 Å². The van der Waals surface area contributed by atoms with Gasteiger partial charge in [-0.15, -0.1) is 0 Å². The molecule has 1 aliphatic heterocycles. The van der Waals surface area contributed by atoms with Crippen LogP contribution < -0.4 is 10.4 Å². The van der Waals surface area contributed by atoms with Gasteiger partial charge in [0.05, 0.1) is 16.4 Å². The van der Waals surface area contributed by atoms with Crippen LogP contribution in [0.4, 0.5) is 11.4 Å². The number of likely N-dealkylation sites (N-methyl/N-ethyl adjacent to an activating group) is 1. The van der Waals surface area contributed by atoms with Gasteiger partial charge in [-0.05, 0) is 25.2 Å². The predicted octanol–water partition coefficient (Wildman–Crippen LogP) is 1.73. The third kappa shape index (κ3) is 3.13. The zero-order valence-corrected chi connectivity index (χ0v) is 11.1. The van der Waals surface area contributed by atoms with Gasteiger partial charge in [-0.2, -0.15) is 0 Å². The molecule has 0 aliphatic carbocycles. The lowest BCUT2D eigenvalue weighted by Gasteiger charge is -2.34. The van der Waals surface area contributed by atoms with E-state index in [9.17, 15) is 0 Å². The van der Waals surface area contributed by atoms with E-state index in [0.29, 0.717) is 10.7 Å². The Hall–Kier alpha value is -1.30. The molecule has 0 amide bonds. The summed E-state index contributed by atoms with van der Waals surface area (Å²) >= 11 is 6.27. The van der Waals surface area contributed by atoms with Crippen molar-refractivity contribution in [2.75, 3.05) is 38.1 Å². The third-order valence-corrected chi connectivity index (χ3v) is 3.35. The van der Waals surface area contributed by atoms with Crippen molar-refractivity contribution < 1.29 is 5.21 Å². The standard InChI is InChI=1S/C12H17ClN4O/c1-16-4-6-17(7-5-16)12-3-2-10(8-11(12)13)14-9-15-18/h2-3,8-9,18H,4-7H2,1H3,(H,14,15). The molecule has 1 fully saturated rings.